The Morgan fingerprint density at radius 2 is 2.00 bits per heavy atom. The molecule has 1 amide bonds. The summed E-state index contributed by atoms with van der Waals surface area (Å²) in [6.07, 6.45) is 3.49. The maximum absolute atomic E-state index is 12.4. The standard InChI is InChI=1S/C13H11BrCl2N4OS/c1-20(11-7(14)6-17-13(18-11)22-2)19-12(21)10-8(15)4-3-5-9(10)16/h3-6H,1-2H3,(H,19,21). The predicted molar refractivity (Wildman–Crippen MR) is 93.8 cm³/mol. The van der Waals surface area contributed by atoms with Gasteiger partial charge in [0.1, 0.15) is 0 Å². The van der Waals surface area contributed by atoms with E-state index in [-0.39, 0.29) is 15.6 Å². The van der Waals surface area contributed by atoms with Crippen LogP contribution in [0.3, 0.4) is 0 Å². The number of anilines is 1. The monoisotopic (exact) mass is 420 g/mol. The van der Waals surface area contributed by atoms with E-state index in [9.17, 15) is 4.79 Å². The molecule has 116 valence electrons. The maximum atomic E-state index is 12.4. The van der Waals surface area contributed by atoms with Gasteiger partial charge in [0.05, 0.1) is 20.1 Å². The fourth-order valence-electron chi connectivity index (χ4n) is 1.65. The minimum atomic E-state index is -0.422. The second-order valence-corrected chi connectivity index (χ2v) is 6.57. The molecule has 0 aliphatic heterocycles. The number of carbonyl (C=O) groups is 1. The summed E-state index contributed by atoms with van der Waals surface area (Å²) in [6, 6.07) is 4.89. The molecule has 0 aliphatic carbocycles. The number of hydrogen-bond donors (Lipinski definition) is 1. The molecule has 1 N–H and O–H groups in total. The molecular weight excluding hydrogens is 411 g/mol. The number of rotatable bonds is 4. The lowest BCUT2D eigenvalue weighted by Crippen LogP contribution is -2.40. The summed E-state index contributed by atoms with van der Waals surface area (Å²) in [7, 11) is 1.67. The number of hydrazine groups is 1. The summed E-state index contributed by atoms with van der Waals surface area (Å²) in [4.78, 5) is 20.8. The molecule has 0 saturated heterocycles. The highest BCUT2D eigenvalue weighted by atomic mass is 79.9. The Morgan fingerprint density at radius 1 is 1.36 bits per heavy atom. The van der Waals surface area contributed by atoms with Crippen LogP contribution in [0.5, 0.6) is 0 Å². The molecule has 2 rings (SSSR count). The van der Waals surface area contributed by atoms with E-state index in [0.717, 1.165) is 0 Å². The quantitative estimate of drug-likeness (QED) is 0.458. The number of amides is 1. The van der Waals surface area contributed by atoms with Crippen molar-refractivity contribution >= 4 is 62.6 Å². The van der Waals surface area contributed by atoms with Crippen LogP contribution in [0, 0.1) is 0 Å². The van der Waals surface area contributed by atoms with Crippen LogP contribution in [0.4, 0.5) is 5.82 Å². The van der Waals surface area contributed by atoms with Crippen molar-refractivity contribution in [2.45, 2.75) is 5.16 Å². The zero-order valence-corrected chi connectivity index (χ0v) is 15.5. The van der Waals surface area contributed by atoms with Crippen LogP contribution in [0.2, 0.25) is 10.0 Å². The average Bonchev–Trinajstić information content (AvgIpc) is 2.47. The molecule has 0 saturated carbocycles. The first-order chi connectivity index (χ1) is 10.4. The summed E-state index contributed by atoms with van der Waals surface area (Å²) >= 11 is 16.8. The zero-order valence-electron chi connectivity index (χ0n) is 11.6. The Labute approximate surface area is 150 Å². The second-order valence-electron chi connectivity index (χ2n) is 4.12. The third kappa shape index (κ3) is 3.84. The molecule has 0 radical (unpaired) electrons. The molecule has 0 atom stereocenters. The van der Waals surface area contributed by atoms with E-state index in [1.807, 2.05) is 6.26 Å². The second kappa shape index (κ2) is 7.50. The summed E-state index contributed by atoms with van der Waals surface area (Å²) in [5.74, 6) is 0.102. The van der Waals surface area contributed by atoms with E-state index < -0.39 is 5.91 Å². The lowest BCUT2D eigenvalue weighted by molar-refractivity contribution is 0.0951. The normalized spacial score (nSPS) is 10.4. The summed E-state index contributed by atoms with van der Waals surface area (Å²) in [5, 5.41) is 2.64. The highest BCUT2D eigenvalue weighted by Gasteiger charge is 2.18. The minimum absolute atomic E-state index is 0.216. The molecule has 0 unspecified atom stereocenters. The largest absolute Gasteiger partial charge is 0.272 e. The molecule has 0 fully saturated rings. The Balaban J connectivity index is 2.25. The van der Waals surface area contributed by atoms with Gasteiger partial charge in [0.2, 0.25) is 0 Å². The number of aromatic nitrogens is 2. The van der Waals surface area contributed by atoms with Gasteiger partial charge in [-0.3, -0.25) is 15.2 Å². The van der Waals surface area contributed by atoms with Gasteiger partial charge in [-0.05, 0) is 34.3 Å². The number of nitrogens with zero attached hydrogens (tertiary/aromatic N) is 3. The third-order valence-electron chi connectivity index (χ3n) is 2.66. The van der Waals surface area contributed by atoms with Crippen LogP contribution in [-0.4, -0.2) is 29.2 Å². The van der Waals surface area contributed by atoms with Gasteiger partial charge >= 0.3 is 0 Å². The fraction of sp³-hybridized carbons (Fsp3) is 0.154. The van der Waals surface area contributed by atoms with Crippen LogP contribution in [0.1, 0.15) is 10.4 Å². The van der Waals surface area contributed by atoms with Crippen LogP contribution in [-0.2, 0) is 0 Å². The van der Waals surface area contributed by atoms with Crippen molar-refractivity contribution < 1.29 is 4.79 Å². The molecule has 1 heterocycles. The average molecular weight is 422 g/mol. The Hall–Kier alpha value is -1.02. The Morgan fingerprint density at radius 3 is 2.59 bits per heavy atom. The summed E-state index contributed by atoms with van der Waals surface area (Å²) in [6.45, 7) is 0. The first-order valence-electron chi connectivity index (χ1n) is 5.99. The summed E-state index contributed by atoms with van der Waals surface area (Å²) in [5.41, 5.74) is 2.90. The number of benzene rings is 1. The van der Waals surface area contributed by atoms with Crippen molar-refractivity contribution in [3.8, 4) is 0 Å². The highest BCUT2D eigenvalue weighted by molar-refractivity contribution is 9.10. The predicted octanol–water partition coefficient (Wildman–Crippen LogP) is 4.05. The number of carbonyl (C=O) groups excluding carboxylic acids is 1. The fourth-order valence-corrected chi connectivity index (χ4v) is 3.01. The smallest absolute Gasteiger partial charge is 0.270 e. The van der Waals surface area contributed by atoms with Gasteiger partial charge in [-0.2, -0.15) is 0 Å². The molecule has 2 aromatic rings. The van der Waals surface area contributed by atoms with Crippen molar-refractivity contribution in [1.29, 1.82) is 0 Å². The van der Waals surface area contributed by atoms with Crippen LogP contribution >= 0.6 is 50.9 Å². The maximum Gasteiger partial charge on any atom is 0.272 e. The van der Waals surface area contributed by atoms with Gasteiger partial charge in [0, 0.05) is 13.2 Å². The molecular formula is C13H11BrCl2N4OS. The van der Waals surface area contributed by atoms with Crippen LogP contribution in [0.15, 0.2) is 34.0 Å². The molecule has 1 aromatic heterocycles. The van der Waals surface area contributed by atoms with E-state index in [1.165, 1.54) is 16.8 Å². The van der Waals surface area contributed by atoms with Crippen LogP contribution < -0.4 is 10.4 Å². The number of hydrogen-bond acceptors (Lipinski definition) is 5. The van der Waals surface area contributed by atoms with E-state index in [4.69, 9.17) is 23.2 Å². The highest BCUT2D eigenvalue weighted by Crippen LogP contribution is 2.26. The first kappa shape index (κ1) is 17.3. The zero-order chi connectivity index (χ0) is 16.3. The van der Waals surface area contributed by atoms with Crippen molar-refractivity contribution in [2.24, 2.45) is 0 Å². The lowest BCUT2D eigenvalue weighted by atomic mass is 10.2. The first-order valence-corrected chi connectivity index (χ1v) is 8.76. The van der Waals surface area contributed by atoms with Crippen molar-refractivity contribution in [3.63, 3.8) is 0 Å². The molecule has 5 nitrogen and oxygen atoms in total. The van der Waals surface area contributed by atoms with E-state index in [0.29, 0.717) is 15.4 Å². The van der Waals surface area contributed by atoms with Crippen molar-refractivity contribution in [3.05, 3.63) is 44.5 Å². The molecule has 0 spiro atoms. The minimum Gasteiger partial charge on any atom is -0.270 e. The van der Waals surface area contributed by atoms with Crippen molar-refractivity contribution in [1.82, 2.24) is 15.4 Å². The lowest BCUT2D eigenvalue weighted by Gasteiger charge is -2.21. The van der Waals surface area contributed by atoms with E-state index in [1.54, 1.807) is 31.4 Å². The topological polar surface area (TPSA) is 58.1 Å². The molecule has 0 aliphatic rings. The van der Waals surface area contributed by atoms with Gasteiger partial charge in [-0.1, -0.05) is 41.0 Å². The summed E-state index contributed by atoms with van der Waals surface area (Å²) < 4.78 is 0.651. The molecule has 1 aromatic carbocycles. The molecule has 22 heavy (non-hydrogen) atoms. The number of thioether (sulfide) groups is 1. The Kier molecular flexibility index (Phi) is 5.91. The third-order valence-corrected chi connectivity index (χ3v) is 4.41. The van der Waals surface area contributed by atoms with Gasteiger partial charge < -0.3 is 0 Å². The van der Waals surface area contributed by atoms with Gasteiger partial charge in [0.15, 0.2) is 11.0 Å². The van der Waals surface area contributed by atoms with E-state index >= 15 is 0 Å². The Bertz CT molecular complexity index is 696. The van der Waals surface area contributed by atoms with E-state index in [2.05, 4.69) is 31.3 Å². The van der Waals surface area contributed by atoms with Gasteiger partial charge in [-0.15, -0.1) is 0 Å². The van der Waals surface area contributed by atoms with Gasteiger partial charge in [0.25, 0.3) is 5.91 Å². The SMILES string of the molecule is CSc1ncc(Br)c(N(C)NC(=O)c2c(Cl)cccc2Cl)n1. The number of halogens is 3. The van der Waals surface area contributed by atoms with Crippen LogP contribution in [0.25, 0.3) is 0 Å². The molecule has 9 heteroatoms. The molecule has 0 bridgehead atoms. The van der Waals surface area contributed by atoms with Crippen molar-refractivity contribution in [2.75, 3.05) is 18.3 Å². The van der Waals surface area contributed by atoms with Gasteiger partial charge in [-0.25, -0.2) is 9.97 Å². The number of nitrogens with one attached hydrogen (secondary N) is 1.